The summed E-state index contributed by atoms with van der Waals surface area (Å²) >= 11 is 0. The lowest BCUT2D eigenvalue weighted by Crippen LogP contribution is -2.33. The van der Waals surface area contributed by atoms with E-state index in [-0.39, 0.29) is 5.91 Å². The number of hydrogen-bond acceptors (Lipinski definition) is 3. The van der Waals surface area contributed by atoms with Gasteiger partial charge in [-0.05, 0) is 39.1 Å². The van der Waals surface area contributed by atoms with E-state index in [0.29, 0.717) is 6.54 Å². The summed E-state index contributed by atoms with van der Waals surface area (Å²) in [7, 11) is 2.05. The van der Waals surface area contributed by atoms with E-state index in [1.807, 2.05) is 32.2 Å². The van der Waals surface area contributed by atoms with Crippen LogP contribution in [0.1, 0.15) is 36.2 Å². The first-order valence-corrected chi connectivity index (χ1v) is 7.39. The van der Waals surface area contributed by atoms with Crippen LogP contribution in [0.25, 0.3) is 0 Å². The van der Waals surface area contributed by atoms with Gasteiger partial charge in [0.15, 0.2) is 0 Å². The fourth-order valence-corrected chi connectivity index (χ4v) is 1.87. The van der Waals surface area contributed by atoms with Gasteiger partial charge in [0, 0.05) is 25.3 Å². The molecule has 0 heterocycles. The van der Waals surface area contributed by atoms with E-state index < -0.39 is 0 Å². The molecule has 0 aliphatic rings. The summed E-state index contributed by atoms with van der Waals surface area (Å²) in [5.41, 5.74) is 2.75. The Labute approximate surface area is 122 Å². The molecule has 4 heteroatoms. The Morgan fingerprint density at radius 2 is 2.00 bits per heavy atom. The zero-order chi connectivity index (χ0) is 15.0. The summed E-state index contributed by atoms with van der Waals surface area (Å²) in [6.45, 7) is 9.63. The molecular weight excluding hydrogens is 250 g/mol. The maximum atomic E-state index is 12.3. The highest BCUT2D eigenvalue weighted by Gasteiger charge is 2.11. The minimum absolute atomic E-state index is 0.00296. The lowest BCUT2D eigenvalue weighted by atomic mass is 10.1. The van der Waals surface area contributed by atoms with Gasteiger partial charge in [-0.1, -0.05) is 25.5 Å². The normalized spacial score (nSPS) is 10.7. The fourth-order valence-electron chi connectivity index (χ4n) is 1.87. The van der Waals surface area contributed by atoms with E-state index >= 15 is 0 Å². The van der Waals surface area contributed by atoms with E-state index in [2.05, 4.69) is 29.4 Å². The first-order valence-electron chi connectivity index (χ1n) is 7.39. The minimum atomic E-state index is -0.00296. The van der Waals surface area contributed by atoms with Crippen LogP contribution < -0.4 is 10.6 Å². The molecule has 0 radical (unpaired) electrons. The largest absolute Gasteiger partial charge is 0.384 e. The predicted molar refractivity (Wildman–Crippen MR) is 85.5 cm³/mol. The standard InChI is InChI=1S/C16H27N3O/c1-5-9-17-15-8-7-13(3)12-14(15)16(20)18-10-11-19(4)6-2/h7-8,12,17H,5-6,9-11H2,1-4H3,(H,18,20). The second-order valence-corrected chi connectivity index (χ2v) is 5.13. The third kappa shape index (κ3) is 5.21. The maximum absolute atomic E-state index is 12.3. The molecule has 0 aliphatic heterocycles. The summed E-state index contributed by atoms with van der Waals surface area (Å²) in [5.74, 6) is -0.00296. The van der Waals surface area contributed by atoms with Gasteiger partial charge in [0.1, 0.15) is 0 Å². The van der Waals surface area contributed by atoms with Crippen LogP contribution in [-0.4, -0.2) is 44.0 Å². The molecule has 1 rings (SSSR count). The highest BCUT2D eigenvalue weighted by atomic mass is 16.1. The van der Waals surface area contributed by atoms with Gasteiger partial charge in [-0.15, -0.1) is 0 Å². The first-order chi connectivity index (χ1) is 9.58. The van der Waals surface area contributed by atoms with Gasteiger partial charge in [0.2, 0.25) is 0 Å². The zero-order valence-electron chi connectivity index (χ0n) is 13.1. The predicted octanol–water partition coefficient (Wildman–Crippen LogP) is 2.50. The summed E-state index contributed by atoms with van der Waals surface area (Å²) in [6.07, 6.45) is 1.04. The number of hydrogen-bond donors (Lipinski definition) is 2. The van der Waals surface area contributed by atoms with Crippen molar-refractivity contribution in [2.24, 2.45) is 0 Å². The van der Waals surface area contributed by atoms with Crippen LogP contribution in [0.2, 0.25) is 0 Å². The number of rotatable bonds is 8. The molecule has 112 valence electrons. The van der Waals surface area contributed by atoms with Crippen molar-refractivity contribution in [3.63, 3.8) is 0 Å². The quantitative estimate of drug-likeness (QED) is 0.767. The monoisotopic (exact) mass is 277 g/mol. The molecule has 0 saturated heterocycles. The number of amides is 1. The number of carbonyl (C=O) groups is 1. The fraction of sp³-hybridized carbons (Fsp3) is 0.562. The minimum Gasteiger partial charge on any atom is -0.384 e. The number of benzene rings is 1. The lowest BCUT2D eigenvalue weighted by Gasteiger charge is -2.16. The smallest absolute Gasteiger partial charge is 0.253 e. The topological polar surface area (TPSA) is 44.4 Å². The molecule has 0 aliphatic carbocycles. The van der Waals surface area contributed by atoms with E-state index in [1.165, 1.54) is 0 Å². The van der Waals surface area contributed by atoms with Crippen molar-refractivity contribution in [2.45, 2.75) is 27.2 Å². The number of likely N-dealkylation sites (N-methyl/N-ethyl adjacent to an activating group) is 1. The third-order valence-electron chi connectivity index (χ3n) is 3.30. The summed E-state index contributed by atoms with van der Waals surface area (Å²) in [4.78, 5) is 14.5. The Kier molecular flexibility index (Phi) is 7.09. The van der Waals surface area contributed by atoms with Gasteiger partial charge >= 0.3 is 0 Å². The van der Waals surface area contributed by atoms with E-state index in [4.69, 9.17) is 0 Å². The molecular formula is C16H27N3O. The van der Waals surface area contributed by atoms with Gasteiger partial charge in [0.25, 0.3) is 5.91 Å². The number of carbonyl (C=O) groups excluding carboxylic acids is 1. The van der Waals surface area contributed by atoms with Gasteiger partial charge in [-0.3, -0.25) is 4.79 Å². The molecule has 0 fully saturated rings. The van der Waals surface area contributed by atoms with Crippen molar-refractivity contribution in [1.29, 1.82) is 0 Å². The van der Waals surface area contributed by atoms with Gasteiger partial charge < -0.3 is 15.5 Å². The SMILES string of the molecule is CCCNc1ccc(C)cc1C(=O)NCCN(C)CC. The molecule has 0 spiro atoms. The van der Waals surface area contributed by atoms with Gasteiger partial charge in [0.05, 0.1) is 5.56 Å². The van der Waals surface area contributed by atoms with Crippen molar-refractivity contribution in [2.75, 3.05) is 38.5 Å². The highest BCUT2D eigenvalue weighted by molar-refractivity contribution is 5.99. The Bertz CT molecular complexity index is 432. The van der Waals surface area contributed by atoms with Crippen LogP contribution in [-0.2, 0) is 0 Å². The Balaban J connectivity index is 2.67. The van der Waals surface area contributed by atoms with E-state index in [0.717, 1.165) is 42.9 Å². The van der Waals surface area contributed by atoms with Crippen molar-refractivity contribution < 1.29 is 4.79 Å². The Morgan fingerprint density at radius 3 is 2.65 bits per heavy atom. The van der Waals surface area contributed by atoms with Crippen LogP contribution in [0.15, 0.2) is 18.2 Å². The Morgan fingerprint density at radius 1 is 1.25 bits per heavy atom. The molecule has 20 heavy (non-hydrogen) atoms. The molecule has 0 bridgehead atoms. The second kappa shape index (κ2) is 8.59. The van der Waals surface area contributed by atoms with Crippen LogP contribution in [0, 0.1) is 6.92 Å². The summed E-state index contributed by atoms with van der Waals surface area (Å²) < 4.78 is 0. The van der Waals surface area contributed by atoms with E-state index in [9.17, 15) is 4.79 Å². The van der Waals surface area contributed by atoms with Crippen LogP contribution in [0.3, 0.4) is 0 Å². The Hall–Kier alpha value is -1.55. The third-order valence-corrected chi connectivity index (χ3v) is 3.30. The van der Waals surface area contributed by atoms with Crippen LogP contribution >= 0.6 is 0 Å². The van der Waals surface area contributed by atoms with Gasteiger partial charge in [-0.25, -0.2) is 0 Å². The summed E-state index contributed by atoms with van der Waals surface area (Å²) in [5, 5.41) is 6.30. The number of aryl methyl sites for hydroxylation is 1. The zero-order valence-corrected chi connectivity index (χ0v) is 13.1. The van der Waals surface area contributed by atoms with Gasteiger partial charge in [-0.2, -0.15) is 0 Å². The second-order valence-electron chi connectivity index (χ2n) is 5.13. The average Bonchev–Trinajstić information content (AvgIpc) is 2.45. The number of nitrogens with zero attached hydrogens (tertiary/aromatic N) is 1. The number of anilines is 1. The molecule has 0 unspecified atom stereocenters. The molecule has 0 saturated carbocycles. The first kappa shape index (κ1) is 16.5. The molecule has 2 N–H and O–H groups in total. The summed E-state index contributed by atoms with van der Waals surface area (Å²) in [6, 6.07) is 5.95. The van der Waals surface area contributed by atoms with Crippen molar-refractivity contribution in [3.05, 3.63) is 29.3 Å². The van der Waals surface area contributed by atoms with E-state index in [1.54, 1.807) is 0 Å². The molecule has 0 aromatic heterocycles. The molecule has 0 atom stereocenters. The van der Waals surface area contributed by atoms with Crippen molar-refractivity contribution in [1.82, 2.24) is 10.2 Å². The van der Waals surface area contributed by atoms with Crippen LogP contribution in [0.4, 0.5) is 5.69 Å². The highest BCUT2D eigenvalue weighted by Crippen LogP contribution is 2.17. The number of nitrogens with one attached hydrogen (secondary N) is 2. The molecule has 1 aromatic carbocycles. The lowest BCUT2D eigenvalue weighted by molar-refractivity contribution is 0.0951. The molecule has 1 amide bonds. The van der Waals surface area contributed by atoms with Crippen LogP contribution in [0.5, 0.6) is 0 Å². The van der Waals surface area contributed by atoms with Crippen molar-refractivity contribution >= 4 is 11.6 Å². The molecule has 1 aromatic rings. The molecule has 4 nitrogen and oxygen atoms in total. The average molecular weight is 277 g/mol. The maximum Gasteiger partial charge on any atom is 0.253 e. The van der Waals surface area contributed by atoms with Crippen molar-refractivity contribution in [3.8, 4) is 0 Å².